The molecule has 1 saturated heterocycles. The van der Waals surface area contributed by atoms with E-state index in [2.05, 4.69) is 12.0 Å². The van der Waals surface area contributed by atoms with Crippen LogP contribution in [0.1, 0.15) is 13.8 Å². The molecule has 1 fully saturated rings. The van der Waals surface area contributed by atoms with Crippen LogP contribution in [0.4, 0.5) is 0 Å². The fourth-order valence-corrected chi connectivity index (χ4v) is 1.17. The standard InChI is InChI=1S/C11H18N2O2/c1-9(2)11(14)5-4-6-13-7-8-15-10(3)12-13/h4-5,9,12H,3,6-8H2,1-2H3/b5-4+. The van der Waals surface area contributed by atoms with E-state index in [-0.39, 0.29) is 11.7 Å². The van der Waals surface area contributed by atoms with Gasteiger partial charge in [-0.2, -0.15) is 0 Å². The molecule has 0 aromatic rings. The van der Waals surface area contributed by atoms with Gasteiger partial charge in [0.25, 0.3) is 0 Å². The first-order valence-electron chi connectivity index (χ1n) is 5.13. The lowest BCUT2D eigenvalue weighted by Crippen LogP contribution is -2.44. The normalized spacial score (nSPS) is 17.9. The second-order valence-corrected chi connectivity index (χ2v) is 3.79. The number of nitrogens with one attached hydrogen (secondary N) is 1. The van der Waals surface area contributed by atoms with Gasteiger partial charge in [-0.15, -0.1) is 0 Å². The highest BCUT2D eigenvalue weighted by Gasteiger charge is 2.10. The summed E-state index contributed by atoms with van der Waals surface area (Å²) in [5, 5.41) is 1.95. The minimum atomic E-state index is 0.0638. The fourth-order valence-electron chi connectivity index (χ4n) is 1.17. The van der Waals surface area contributed by atoms with Gasteiger partial charge in [0.15, 0.2) is 11.7 Å². The first-order valence-corrected chi connectivity index (χ1v) is 5.13. The molecule has 1 aliphatic rings. The molecule has 0 unspecified atom stereocenters. The van der Waals surface area contributed by atoms with Gasteiger partial charge >= 0.3 is 0 Å². The van der Waals surface area contributed by atoms with Crippen molar-refractivity contribution in [2.45, 2.75) is 13.8 Å². The van der Waals surface area contributed by atoms with Crippen LogP contribution < -0.4 is 5.43 Å². The summed E-state index contributed by atoms with van der Waals surface area (Å²) in [6.07, 6.45) is 3.48. The van der Waals surface area contributed by atoms with Crippen LogP contribution in [0.2, 0.25) is 0 Å². The zero-order valence-corrected chi connectivity index (χ0v) is 9.32. The van der Waals surface area contributed by atoms with Gasteiger partial charge in [-0.1, -0.05) is 19.9 Å². The quantitative estimate of drug-likeness (QED) is 0.705. The molecule has 1 heterocycles. The average molecular weight is 210 g/mol. The fraction of sp³-hybridized carbons (Fsp3) is 0.545. The van der Waals surface area contributed by atoms with Crippen LogP contribution in [0.5, 0.6) is 0 Å². The van der Waals surface area contributed by atoms with E-state index >= 15 is 0 Å². The molecule has 15 heavy (non-hydrogen) atoms. The van der Waals surface area contributed by atoms with E-state index in [4.69, 9.17) is 4.74 Å². The summed E-state index contributed by atoms with van der Waals surface area (Å²) in [4.78, 5) is 11.3. The zero-order chi connectivity index (χ0) is 11.3. The molecule has 1 rings (SSSR count). The van der Waals surface area contributed by atoms with Crippen molar-refractivity contribution < 1.29 is 9.53 Å². The molecule has 4 nitrogen and oxygen atoms in total. The Hall–Kier alpha value is -1.29. The van der Waals surface area contributed by atoms with Crippen LogP contribution in [0.3, 0.4) is 0 Å². The third kappa shape index (κ3) is 4.16. The largest absolute Gasteiger partial charge is 0.477 e. The zero-order valence-electron chi connectivity index (χ0n) is 9.32. The Morgan fingerprint density at radius 2 is 2.47 bits per heavy atom. The number of rotatable bonds is 4. The number of hydrazine groups is 1. The number of allylic oxidation sites excluding steroid dienone is 1. The van der Waals surface area contributed by atoms with Crippen molar-refractivity contribution in [2.24, 2.45) is 5.92 Å². The maximum absolute atomic E-state index is 11.3. The molecule has 0 bridgehead atoms. The van der Waals surface area contributed by atoms with Crippen molar-refractivity contribution >= 4 is 5.78 Å². The van der Waals surface area contributed by atoms with Gasteiger partial charge in [-0.05, 0) is 12.7 Å². The summed E-state index contributed by atoms with van der Waals surface area (Å²) >= 11 is 0. The number of hydrogen-bond donors (Lipinski definition) is 1. The van der Waals surface area contributed by atoms with E-state index in [1.165, 1.54) is 0 Å². The summed E-state index contributed by atoms with van der Waals surface area (Å²) in [7, 11) is 0. The van der Waals surface area contributed by atoms with Gasteiger partial charge in [0.2, 0.25) is 0 Å². The Bertz CT molecular complexity index is 272. The molecule has 0 aromatic heterocycles. The van der Waals surface area contributed by atoms with E-state index in [1.54, 1.807) is 6.08 Å². The van der Waals surface area contributed by atoms with E-state index in [0.29, 0.717) is 19.0 Å². The number of carbonyl (C=O) groups is 1. The lowest BCUT2D eigenvalue weighted by molar-refractivity contribution is -0.117. The lowest BCUT2D eigenvalue weighted by atomic mass is 10.1. The van der Waals surface area contributed by atoms with Crippen molar-refractivity contribution in [3.8, 4) is 0 Å². The van der Waals surface area contributed by atoms with E-state index in [1.807, 2.05) is 24.9 Å². The van der Waals surface area contributed by atoms with Crippen LogP contribution in [0.25, 0.3) is 0 Å². The molecule has 1 N–H and O–H groups in total. The number of ether oxygens (including phenoxy) is 1. The minimum absolute atomic E-state index is 0.0638. The minimum Gasteiger partial charge on any atom is -0.477 e. The van der Waals surface area contributed by atoms with Gasteiger partial charge in [-0.3, -0.25) is 10.2 Å². The third-order valence-electron chi connectivity index (χ3n) is 2.10. The molecule has 0 atom stereocenters. The molecule has 0 radical (unpaired) electrons. The SMILES string of the molecule is C=C1NN(C/C=C/C(=O)C(C)C)CCO1. The van der Waals surface area contributed by atoms with Gasteiger partial charge in [0.1, 0.15) is 6.61 Å². The smallest absolute Gasteiger partial charge is 0.193 e. The summed E-state index contributed by atoms with van der Waals surface area (Å²) in [5.74, 6) is 0.779. The second-order valence-electron chi connectivity index (χ2n) is 3.79. The molecular formula is C11H18N2O2. The van der Waals surface area contributed by atoms with E-state index in [0.717, 1.165) is 6.54 Å². The number of ketones is 1. The van der Waals surface area contributed by atoms with Crippen LogP contribution >= 0.6 is 0 Å². The number of carbonyl (C=O) groups excluding carboxylic acids is 1. The third-order valence-corrected chi connectivity index (χ3v) is 2.10. The predicted octanol–water partition coefficient (Wildman–Crippen LogP) is 1.08. The molecule has 4 heteroatoms. The van der Waals surface area contributed by atoms with Gasteiger partial charge in [0.05, 0.1) is 6.54 Å². The molecular weight excluding hydrogens is 192 g/mol. The molecule has 0 amide bonds. The number of nitrogens with zero attached hydrogens (tertiary/aromatic N) is 1. The van der Waals surface area contributed by atoms with Crippen molar-refractivity contribution in [3.05, 3.63) is 24.6 Å². The molecule has 0 spiro atoms. The van der Waals surface area contributed by atoms with E-state index < -0.39 is 0 Å². The van der Waals surface area contributed by atoms with Crippen LogP contribution in [-0.2, 0) is 9.53 Å². The average Bonchev–Trinajstić information content (AvgIpc) is 2.17. The number of hydrogen-bond acceptors (Lipinski definition) is 4. The van der Waals surface area contributed by atoms with Gasteiger partial charge < -0.3 is 4.74 Å². The van der Waals surface area contributed by atoms with Gasteiger partial charge in [-0.25, -0.2) is 5.01 Å². The summed E-state index contributed by atoms with van der Waals surface area (Å²) in [5.41, 5.74) is 2.97. The van der Waals surface area contributed by atoms with Crippen molar-refractivity contribution in [1.29, 1.82) is 0 Å². The highest BCUT2D eigenvalue weighted by Crippen LogP contribution is 2.00. The maximum atomic E-state index is 11.3. The summed E-state index contributed by atoms with van der Waals surface area (Å²) in [6.45, 7) is 9.56. The lowest BCUT2D eigenvalue weighted by Gasteiger charge is -2.28. The topological polar surface area (TPSA) is 41.6 Å². The van der Waals surface area contributed by atoms with Crippen molar-refractivity contribution in [2.75, 3.05) is 19.7 Å². The highest BCUT2D eigenvalue weighted by atomic mass is 16.5. The Morgan fingerprint density at radius 1 is 1.73 bits per heavy atom. The monoisotopic (exact) mass is 210 g/mol. The maximum Gasteiger partial charge on any atom is 0.193 e. The second kappa shape index (κ2) is 5.56. The van der Waals surface area contributed by atoms with Gasteiger partial charge in [0, 0.05) is 12.5 Å². The summed E-state index contributed by atoms with van der Waals surface area (Å²) < 4.78 is 5.14. The first kappa shape index (κ1) is 11.8. The Balaban J connectivity index is 2.30. The van der Waals surface area contributed by atoms with Crippen LogP contribution in [0.15, 0.2) is 24.6 Å². The van der Waals surface area contributed by atoms with E-state index in [9.17, 15) is 4.79 Å². The molecule has 1 aliphatic heterocycles. The predicted molar refractivity (Wildman–Crippen MR) is 58.8 cm³/mol. The Labute approximate surface area is 90.6 Å². The molecule has 84 valence electrons. The molecule has 0 saturated carbocycles. The highest BCUT2D eigenvalue weighted by molar-refractivity contribution is 5.91. The Kier molecular flexibility index (Phi) is 4.37. The van der Waals surface area contributed by atoms with Crippen LogP contribution in [-0.4, -0.2) is 30.5 Å². The Morgan fingerprint density at radius 3 is 3.07 bits per heavy atom. The summed E-state index contributed by atoms with van der Waals surface area (Å²) in [6, 6.07) is 0. The molecule has 0 aromatic carbocycles. The van der Waals surface area contributed by atoms with Crippen LogP contribution in [0, 0.1) is 5.92 Å². The first-order chi connectivity index (χ1) is 7.09. The molecule has 0 aliphatic carbocycles. The van der Waals surface area contributed by atoms with Crippen molar-refractivity contribution in [3.63, 3.8) is 0 Å². The van der Waals surface area contributed by atoms with Crippen molar-refractivity contribution in [1.82, 2.24) is 10.4 Å².